The normalized spacial score (nSPS) is 19.2. The van der Waals surface area contributed by atoms with Gasteiger partial charge in [-0.05, 0) is 60.7 Å². The number of hydrogen-bond donors (Lipinski definition) is 2. The van der Waals surface area contributed by atoms with Crippen molar-refractivity contribution in [3.8, 4) is 161 Å². The molecule has 5 aliphatic rings. The number of fused-ring (bicyclic) bond motifs is 10. The molecule has 4 bridgehead atoms. The molecule has 8 aromatic carbocycles. The van der Waals surface area contributed by atoms with Crippen LogP contribution in [0.1, 0.15) is 82.9 Å². The van der Waals surface area contributed by atoms with Gasteiger partial charge in [0, 0.05) is 23.3 Å². The van der Waals surface area contributed by atoms with Crippen LogP contribution in [0.25, 0.3) is 11.1 Å². The van der Waals surface area contributed by atoms with E-state index in [4.69, 9.17) is 161 Å². The Morgan fingerprint density at radius 2 is 0.627 bits per heavy atom. The first-order chi connectivity index (χ1) is 64.6. The van der Waals surface area contributed by atoms with Gasteiger partial charge in [-0.15, -0.1) is 0 Å². The first kappa shape index (κ1) is 97.6. The van der Waals surface area contributed by atoms with E-state index < -0.39 is 207 Å². The number of methoxy groups -OCH3 is 22. The maximum Gasteiger partial charge on any atom is 0.342 e. The van der Waals surface area contributed by atoms with Crippen LogP contribution in [0, 0.1) is 0 Å². The minimum atomic E-state index is -2.58. The van der Waals surface area contributed by atoms with Crippen LogP contribution in [0.3, 0.4) is 0 Å². The van der Waals surface area contributed by atoms with Crippen LogP contribution >= 0.6 is 0 Å². The van der Waals surface area contributed by atoms with Crippen LogP contribution in [0.4, 0.5) is 0 Å². The van der Waals surface area contributed by atoms with Crippen molar-refractivity contribution in [2.24, 2.45) is 0 Å². The van der Waals surface area contributed by atoms with E-state index in [0.717, 1.165) is 104 Å². The van der Waals surface area contributed by atoms with Crippen molar-refractivity contribution in [2.45, 2.75) is 61.4 Å². The molecule has 5 heterocycles. The van der Waals surface area contributed by atoms with Gasteiger partial charge in [-0.25, -0.2) is 38.4 Å². The first-order valence-electron chi connectivity index (χ1n) is 39.7. The smallest absolute Gasteiger partial charge is 0.342 e. The Labute approximate surface area is 763 Å². The van der Waals surface area contributed by atoms with Crippen LogP contribution in [0.15, 0.2) is 72.8 Å². The quantitative estimate of drug-likeness (QED) is 0.0358. The molecule has 0 saturated carbocycles. The molecule has 0 aromatic heterocycles. The molecule has 2 N–H and O–H groups in total. The van der Waals surface area contributed by atoms with Crippen molar-refractivity contribution in [1.82, 2.24) is 0 Å². The third-order valence-electron chi connectivity index (χ3n) is 21.4. The van der Waals surface area contributed by atoms with E-state index in [1.165, 1.54) is 125 Å². The molecule has 0 unspecified atom stereocenters. The van der Waals surface area contributed by atoms with Crippen molar-refractivity contribution < 1.29 is 210 Å². The van der Waals surface area contributed by atoms with Crippen LogP contribution in [-0.2, 0) is 47.4 Å². The molecule has 10 atom stereocenters. The van der Waals surface area contributed by atoms with Gasteiger partial charge in [0.1, 0.15) is 36.0 Å². The number of cyclic esters (lactones) is 1. The highest BCUT2D eigenvalue weighted by molar-refractivity contribution is 6.09. The molecule has 718 valence electrons. The number of carbonyl (C=O) groups is 8. The van der Waals surface area contributed by atoms with Gasteiger partial charge in [0.05, 0.1) is 196 Å². The SMILES string of the molecule is COc1cc(C(=O)O[C@@H]2[C@H]3OC(=O)c4cc(OC)c(OC)c(OC)c4Oc4cc(cc(OC)c4OC)C(=O)O[C@@H]4O[C@H](CO)[C@@H](O)[C@H](OC(=O)c5cc(OC)c(OC)c(OC)c5)[C@H]4OC(=O)c4cc(OC)c(OC)c(OC)c4Oc4c(OC)cc(cc4OC)C(=O)O[C@@H]3O[C@@H]3COC(=O)c4cc(OC)c(OC)c(OC)c4-c4c(cc(OC)c(OC)c4OC)C(=O)O[C@@H]23)cc(OC)c1OC. The van der Waals surface area contributed by atoms with Crippen LogP contribution in [0.2, 0.25) is 0 Å². The fraction of sp³-hybridized carbons (Fsp3) is 0.378. The maximum absolute atomic E-state index is 16.6. The molecule has 13 rings (SSSR count). The fourth-order valence-corrected chi connectivity index (χ4v) is 15.2. The molecule has 2 fully saturated rings. The van der Waals surface area contributed by atoms with Crippen molar-refractivity contribution in [3.05, 3.63) is 117 Å². The second-order valence-corrected chi connectivity index (χ2v) is 28.1. The Hall–Kier alpha value is -15.4. The summed E-state index contributed by atoms with van der Waals surface area (Å²) in [6, 6.07) is 13.0. The molecule has 8 aromatic rings. The second-order valence-electron chi connectivity index (χ2n) is 28.1. The molecule has 5 aliphatic heterocycles. The summed E-state index contributed by atoms with van der Waals surface area (Å²) in [5, 5.41) is 23.4. The van der Waals surface area contributed by atoms with Crippen molar-refractivity contribution in [2.75, 3.05) is 170 Å². The Morgan fingerprint density at radius 1 is 0.306 bits per heavy atom. The van der Waals surface area contributed by atoms with Gasteiger partial charge in [0.25, 0.3) is 0 Å². The highest BCUT2D eigenvalue weighted by atomic mass is 16.8. The van der Waals surface area contributed by atoms with Crippen LogP contribution in [-0.4, -0.2) is 289 Å². The minimum absolute atomic E-state index is 0.0279. The summed E-state index contributed by atoms with van der Waals surface area (Å²) in [5.74, 6) is -19.5. The monoisotopic (exact) mass is 1880 g/mol. The third-order valence-corrected chi connectivity index (χ3v) is 21.4. The molecular weight excluding hydrogens is 1780 g/mol. The molecule has 0 spiro atoms. The average Bonchev–Trinajstić information content (AvgIpc) is 0.916. The zero-order valence-electron chi connectivity index (χ0n) is 76.2. The van der Waals surface area contributed by atoms with Gasteiger partial charge >= 0.3 is 47.8 Å². The van der Waals surface area contributed by atoms with Gasteiger partial charge in [-0.3, -0.25) is 0 Å². The lowest BCUT2D eigenvalue weighted by Gasteiger charge is -2.44. The van der Waals surface area contributed by atoms with Crippen LogP contribution in [0.5, 0.6) is 149 Å². The topological polar surface area (TPSA) is 491 Å². The summed E-state index contributed by atoms with van der Waals surface area (Å²) < 4.78 is 205. The van der Waals surface area contributed by atoms with Gasteiger partial charge < -0.3 is 171 Å². The predicted molar refractivity (Wildman–Crippen MR) is 452 cm³/mol. The van der Waals surface area contributed by atoms with E-state index in [1.54, 1.807) is 0 Å². The van der Waals surface area contributed by atoms with Gasteiger partial charge in [0.15, 0.2) is 110 Å². The Kier molecular flexibility index (Phi) is 30.7. The van der Waals surface area contributed by atoms with E-state index in [0.29, 0.717) is 0 Å². The molecule has 0 aliphatic carbocycles. The minimum Gasteiger partial charge on any atom is -0.493 e. The zero-order chi connectivity index (χ0) is 97.1. The van der Waals surface area contributed by atoms with Gasteiger partial charge in [-0.1, -0.05) is 0 Å². The summed E-state index contributed by atoms with van der Waals surface area (Å²) >= 11 is 0. The van der Waals surface area contributed by atoms with E-state index in [2.05, 4.69) is 0 Å². The van der Waals surface area contributed by atoms with Crippen LogP contribution < -0.4 is 114 Å². The Morgan fingerprint density at radius 3 is 1.02 bits per heavy atom. The molecule has 44 nitrogen and oxygen atoms in total. The first-order valence-corrected chi connectivity index (χ1v) is 39.7. The van der Waals surface area contributed by atoms with Gasteiger partial charge in [0.2, 0.25) is 82.3 Å². The Bertz CT molecular complexity index is 5730. The molecule has 0 radical (unpaired) electrons. The largest absolute Gasteiger partial charge is 0.493 e. The predicted octanol–water partition coefficient (Wildman–Crippen LogP) is 8.86. The van der Waals surface area contributed by atoms with E-state index in [9.17, 15) is 15.0 Å². The maximum atomic E-state index is 16.6. The summed E-state index contributed by atoms with van der Waals surface area (Å²) in [5.41, 5.74) is -5.06. The molecule has 2 saturated heterocycles. The van der Waals surface area contributed by atoms with Crippen molar-refractivity contribution >= 4 is 47.8 Å². The number of hydrogen-bond acceptors (Lipinski definition) is 44. The summed E-state index contributed by atoms with van der Waals surface area (Å²) in [4.78, 5) is 127. The lowest BCUT2D eigenvalue weighted by atomic mass is 9.91. The highest BCUT2D eigenvalue weighted by Gasteiger charge is 2.57. The Balaban J connectivity index is 1.14. The van der Waals surface area contributed by atoms with Crippen molar-refractivity contribution in [3.63, 3.8) is 0 Å². The summed E-state index contributed by atoms with van der Waals surface area (Å²) in [7, 11) is 26.4. The summed E-state index contributed by atoms with van der Waals surface area (Å²) in [6.07, 6.45) is -23.2. The van der Waals surface area contributed by atoms with E-state index >= 15 is 33.6 Å². The van der Waals surface area contributed by atoms with Crippen molar-refractivity contribution in [1.29, 1.82) is 0 Å². The zero-order valence-corrected chi connectivity index (χ0v) is 76.2. The lowest BCUT2D eigenvalue weighted by Crippen LogP contribution is -2.63. The standard InChI is InChI=1S/C90H94O44/c1-101-45-23-37(24-46(102-2)64(45)112-12)81(93)129-75-61(92)57(35-91)125-89-79(75)131-88(100)44-34-55(111-11)71(118-18)77(122-22)63(44)127-67-50(106-6)28-39(29-51(67)107-7)83(95)134-90-80(132-87(99)43-33-54(110-10)70(117-17)76(121-21)62(43)124-56-30-40(84(96)133-89)27-49(105-5)66(56)114-14)78(130-82(94)38-25-47(103-3)65(113-13)48(26-38)104-4)72-58(126-90)36-123-85(97)41-31-52(108-8)68(115-15)73(119-19)59(41)60-42(86(98)128-72)32-53(109-9)69(116-16)74(60)120-20/h23-34,57-58,61,72,75,78-80,89-92H,35-36H2,1-22H3/t57-,58-,61-,72-,75+,78+,79-,80-,89+,90+/m1/s1. The average molecular weight is 1880 g/mol. The highest BCUT2D eigenvalue weighted by Crippen LogP contribution is 2.58. The molecule has 134 heavy (non-hydrogen) atoms. The number of esters is 8. The second kappa shape index (κ2) is 42.2. The van der Waals surface area contributed by atoms with E-state index in [-0.39, 0.29) is 120 Å². The number of aliphatic hydroxyl groups excluding tert-OH is 2. The number of carbonyl (C=O) groups excluding carboxylic acids is 8. The third kappa shape index (κ3) is 18.3. The number of benzene rings is 8. The fourth-order valence-electron chi connectivity index (χ4n) is 15.2. The molecule has 0 amide bonds. The summed E-state index contributed by atoms with van der Waals surface area (Å²) in [6.45, 7) is -2.24. The lowest BCUT2D eigenvalue weighted by molar-refractivity contribution is -0.283. The number of aliphatic hydroxyl groups is 2. The number of rotatable bonds is 27. The molecular formula is C90H94O44. The number of ether oxygens (including phenoxy) is 34. The van der Waals surface area contributed by atoms with Gasteiger partial charge in [-0.2, -0.15) is 0 Å². The van der Waals surface area contributed by atoms with E-state index in [1.807, 2.05) is 0 Å². The molecule has 44 heteroatoms.